The van der Waals surface area contributed by atoms with Gasteiger partial charge in [-0.05, 0) is 31.9 Å². The molecule has 0 heterocycles. The lowest BCUT2D eigenvalue weighted by Crippen LogP contribution is -2.41. The minimum Gasteiger partial charge on any atom is -0.319 e. The van der Waals surface area contributed by atoms with Crippen LogP contribution >= 0.6 is 0 Å². The summed E-state index contributed by atoms with van der Waals surface area (Å²) >= 11 is 0. The van der Waals surface area contributed by atoms with E-state index in [-0.39, 0.29) is 5.78 Å². The van der Waals surface area contributed by atoms with E-state index in [0.717, 1.165) is 6.42 Å². The van der Waals surface area contributed by atoms with Crippen molar-refractivity contribution >= 4 is 5.78 Å². The van der Waals surface area contributed by atoms with Crippen molar-refractivity contribution in [1.82, 2.24) is 0 Å². The van der Waals surface area contributed by atoms with Crippen molar-refractivity contribution in [2.75, 3.05) is 0 Å². The van der Waals surface area contributed by atoms with Crippen molar-refractivity contribution in [3.05, 3.63) is 35.4 Å². The predicted octanol–water partition coefficient (Wildman–Crippen LogP) is 2.17. The maximum Gasteiger partial charge on any atom is 0.182 e. The summed E-state index contributed by atoms with van der Waals surface area (Å²) in [6.45, 7) is 5.53. The van der Waals surface area contributed by atoms with Gasteiger partial charge in [0.25, 0.3) is 0 Å². The first kappa shape index (κ1) is 10.9. The third-order valence-corrected chi connectivity index (χ3v) is 2.18. The summed E-state index contributed by atoms with van der Waals surface area (Å²) in [6.07, 6.45) is 0.937. The van der Waals surface area contributed by atoms with Crippen molar-refractivity contribution in [2.45, 2.75) is 32.7 Å². The Kier molecular flexibility index (Phi) is 3.06. The van der Waals surface area contributed by atoms with Gasteiger partial charge in [-0.1, -0.05) is 25.1 Å². The molecule has 0 atom stereocenters. The zero-order valence-electron chi connectivity index (χ0n) is 9.00. The molecule has 2 nitrogen and oxygen atoms in total. The minimum atomic E-state index is -0.785. The summed E-state index contributed by atoms with van der Waals surface area (Å²) in [4.78, 5) is 11.8. The normalized spacial score (nSPS) is 11.4. The molecule has 76 valence electrons. The highest BCUT2D eigenvalue weighted by Gasteiger charge is 2.23. The number of aryl methyl sites for hydroxylation is 1. The molecule has 0 saturated carbocycles. The van der Waals surface area contributed by atoms with E-state index in [4.69, 9.17) is 5.73 Å². The van der Waals surface area contributed by atoms with Gasteiger partial charge in [-0.2, -0.15) is 0 Å². The van der Waals surface area contributed by atoms with Gasteiger partial charge in [0.05, 0.1) is 5.54 Å². The van der Waals surface area contributed by atoms with Gasteiger partial charge in [-0.25, -0.2) is 0 Å². The molecule has 0 spiro atoms. The van der Waals surface area contributed by atoms with E-state index in [9.17, 15) is 4.79 Å². The second-order valence-corrected chi connectivity index (χ2v) is 4.10. The molecule has 14 heavy (non-hydrogen) atoms. The lowest BCUT2D eigenvalue weighted by molar-refractivity contribution is 0.0913. The molecule has 2 N–H and O–H groups in total. The number of benzene rings is 1. The maximum absolute atomic E-state index is 11.8. The molecule has 0 aliphatic carbocycles. The van der Waals surface area contributed by atoms with Crippen molar-refractivity contribution in [3.63, 3.8) is 0 Å². The van der Waals surface area contributed by atoms with E-state index in [0.29, 0.717) is 5.56 Å². The highest BCUT2D eigenvalue weighted by Crippen LogP contribution is 2.12. The molecule has 0 radical (unpaired) electrons. The smallest absolute Gasteiger partial charge is 0.182 e. The molecule has 1 aromatic carbocycles. The van der Waals surface area contributed by atoms with Gasteiger partial charge in [0.15, 0.2) is 5.78 Å². The van der Waals surface area contributed by atoms with Crippen molar-refractivity contribution < 1.29 is 4.79 Å². The van der Waals surface area contributed by atoms with Crippen molar-refractivity contribution in [2.24, 2.45) is 5.73 Å². The molecule has 0 saturated heterocycles. The number of ketones is 1. The number of hydrogen-bond acceptors (Lipinski definition) is 2. The zero-order valence-corrected chi connectivity index (χ0v) is 9.00. The molecule has 0 aliphatic rings. The largest absolute Gasteiger partial charge is 0.319 e. The van der Waals surface area contributed by atoms with Crippen LogP contribution in [-0.2, 0) is 6.42 Å². The van der Waals surface area contributed by atoms with Crippen molar-refractivity contribution in [1.29, 1.82) is 0 Å². The van der Waals surface area contributed by atoms with Crippen LogP contribution in [0, 0.1) is 0 Å². The fourth-order valence-corrected chi connectivity index (χ4v) is 1.30. The van der Waals surface area contributed by atoms with Crippen LogP contribution in [0.5, 0.6) is 0 Å². The average Bonchev–Trinajstić information content (AvgIpc) is 2.15. The molecular formula is C12H17NO. The molecule has 0 amide bonds. The second kappa shape index (κ2) is 3.93. The Bertz CT molecular complexity index is 336. The Labute approximate surface area is 85.1 Å². The predicted molar refractivity (Wildman–Crippen MR) is 58.4 cm³/mol. The standard InChI is InChI=1S/C12H17NO/c1-4-9-6-5-7-10(8-9)11(14)12(2,3)13/h5-8H,4,13H2,1-3H3. The Morgan fingerprint density at radius 2 is 2.07 bits per heavy atom. The molecule has 1 aromatic rings. The van der Waals surface area contributed by atoms with Crippen LogP contribution in [0.2, 0.25) is 0 Å². The van der Waals surface area contributed by atoms with Crippen LogP contribution in [0.25, 0.3) is 0 Å². The number of carbonyl (C=O) groups is 1. The van der Waals surface area contributed by atoms with Crippen LogP contribution in [0.4, 0.5) is 0 Å². The first-order valence-corrected chi connectivity index (χ1v) is 4.87. The highest BCUT2D eigenvalue weighted by atomic mass is 16.1. The van der Waals surface area contributed by atoms with Crippen LogP contribution < -0.4 is 5.73 Å². The van der Waals surface area contributed by atoms with E-state index in [1.165, 1.54) is 5.56 Å². The number of Topliss-reactive ketones (excluding diaryl/α,β-unsaturated/α-hetero) is 1. The SMILES string of the molecule is CCc1cccc(C(=O)C(C)(C)N)c1. The average molecular weight is 191 g/mol. The van der Waals surface area contributed by atoms with Crippen LogP contribution in [0.1, 0.15) is 36.7 Å². The van der Waals surface area contributed by atoms with E-state index >= 15 is 0 Å². The van der Waals surface area contributed by atoms with E-state index < -0.39 is 5.54 Å². The summed E-state index contributed by atoms with van der Waals surface area (Å²) in [5.74, 6) is -0.00667. The molecule has 2 heteroatoms. The summed E-state index contributed by atoms with van der Waals surface area (Å²) in [5.41, 5.74) is 6.84. The van der Waals surface area contributed by atoms with E-state index in [1.54, 1.807) is 13.8 Å². The summed E-state index contributed by atoms with van der Waals surface area (Å²) in [5, 5.41) is 0. The number of carbonyl (C=O) groups excluding carboxylic acids is 1. The maximum atomic E-state index is 11.8. The number of nitrogens with two attached hydrogens (primary N) is 1. The minimum absolute atomic E-state index is 0.00667. The lowest BCUT2D eigenvalue weighted by Gasteiger charge is -2.17. The van der Waals surface area contributed by atoms with Crippen LogP contribution in [0.15, 0.2) is 24.3 Å². The molecule has 1 rings (SSSR count). The fourth-order valence-electron chi connectivity index (χ4n) is 1.30. The molecular weight excluding hydrogens is 174 g/mol. The first-order valence-electron chi connectivity index (χ1n) is 4.87. The van der Waals surface area contributed by atoms with E-state index in [2.05, 4.69) is 6.92 Å². The highest BCUT2D eigenvalue weighted by molar-refractivity contribution is 6.02. The fraction of sp³-hybridized carbons (Fsp3) is 0.417. The van der Waals surface area contributed by atoms with Crippen LogP contribution in [-0.4, -0.2) is 11.3 Å². The Morgan fingerprint density at radius 3 is 2.57 bits per heavy atom. The summed E-state index contributed by atoms with van der Waals surface area (Å²) in [6, 6.07) is 7.64. The molecule has 0 fully saturated rings. The monoisotopic (exact) mass is 191 g/mol. The Morgan fingerprint density at radius 1 is 1.43 bits per heavy atom. The number of rotatable bonds is 3. The van der Waals surface area contributed by atoms with Gasteiger partial charge in [0, 0.05) is 5.56 Å². The lowest BCUT2D eigenvalue weighted by atomic mass is 9.93. The Balaban J connectivity index is 3.02. The zero-order chi connectivity index (χ0) is 10.8. The van der Waals surface area contributed by atoms with Gasteiger partial charge in [0.1, 0.15) is 0 Å². The molecule has 0 aliphatic heterocycles. The summed E-state index contributed by atoms with van der Waals surface area (Å²) in [7, 11) is 0. The molecule has 0 aromatic heterocycles. The van der Waals surface area contributed by atoms with Gasteiger partial charge in [-0.3, -0.25) is 4.79 Å². The van der Waals surface area contributed by atoms with E-state index in [1.807, 2.05) is 24.3 Å². The van der Waals surface area contributed by atoms with Crippen molar-refractivity contribution in [3.8, 4) is 0 Å². The molecule has 0 unspecified atom stereocenters. The van der Waals surface area contributed by atoms with Crippen LogP contribution in [0.3, 0.4) is 0 Å². The third kappa shape index (κ3) is 2.42. The van der Waals surface area contributed by atoms with Gasteiger partial charge < -0.3 is 5.73 Å². The van der Waals surface area contributed by atoms with Gasteiger partial charge in [0.2, 0.25) is 0 Å². The first-order chi connectivity index (χ1) is 6.45. The summed E-state index contributed by atoms with van der Waals surface area (Å²) < 4.78 is 0. The topological polar surface area (TPSA) is 43.1 Å². The molecule has 0 bridgehead atoms. The second-order valence-electron chi connectivity index (χ2n) is 4.10. The van der Waals surface area contributed by atoms with Gasteiger partial charge >= 0.3 is 0 Å². The van der Waals surface area contributed by atoms with Gasteiger partial charge in [-0.15, -0.1) is 0 Å². The number of hydrogen-bond donors (Lipinski definition) is 1. The quantitative estimate of drug-likeness (QED) is 0.744. The Hall–Kier alpha value is -1.15. The third-order valence-electron chi connectivity index (χ3n) is 2.18.